The van der Waals surface area contributed by atoms with Gasteiger partial charge in [0.15, 0.2) is 0 Å². The maximum atomic E-state index is 12.0. The van der Waals surface area contributed by atoms with Crippen molar-refractivity contribution in [2.24, 2.45) is 0 Å². The second-order valence-corrected chi connectivity index (χ2v) is 8.91. The van der Waals surface area contributed by atoms with Crippen molar-refractivity contribution < 1.29 is 19.4 Å². The Bertz CT molecular complexity index is 1330. The molecule has 3 aromatic carbocycles. The predicted octanol–water partition coefficient (Wildman–Crippen LogP) is 3.85. The van der Waals surface area contributed by atoms with Crippen molar-refractivity contribution >= 4 is 29.4 Å². The molecule has 1 heterocycles. The summed E-state index contributed by atoms with van der Waals surface area (Å²) in [6.45, 7) is 3.23. The molecular formula is C30H35N7O4. The molecule has 11 nitrogen and oxygen atoms in total. The molecule has 0 unspecified atom stereocenters. The third-order valence-electron chi connectivity index (χ3n) is 5.77. The number of aromatic nitrogens is 3. The second-order valence-electron chi connectivity index (χ2n) is 8.91. The van der Waals surface area contributed by atoms with E-state index in [2.05, 4.69) is 36.2 Å². The molecule has 214 valence electrons. The number of nitrogens with zero attached hydrogens (tertiary/aromatic N) is 3. The fourth-order valence-corrected chi connectivity index (χ4v) is 3.71. The van der Waals surface area contributed by atoms with Gasteiger partial charge in [0, 0.05) is 30.9 Å². The number of hydrogen-bond acceptors (Lipinski definition) is 10. The first kappa shape index (κ1) is 29.2. The number of rotatable bonds is 17. The summed E-state index contributed by atoms with van der Waals surface area (Å²) in [5, 5.41) is 21.9. The fourth-order valence-electron chi connectivity index (χ4n) is 3.71. The molecule has 0 aliphatic heterocycles. The summed E-state index contributed by atoms with van der Waals surface area (Å²) in [7, 11) is 0. The van der Waals surface area contributed by atoms with Gasteiger partial charge in [-0.15, -0.1) is 0 Å². The van der Waals surface area contributed by atoms with Gasteiger partial charge in [-0.05, 0) is 48.4 Å². The number of amides is 1. The molecule has 11 heteroatoms. The first-order valence-electron chi connectivity index (χ1n) is 13.5. The highest BCUT2D eigenvalue weighted by Crippen LogP contribution is 2.16. The zero-order chi connectivity index (χ0) is 28.5. The normalized spacial score (nSPS) is 10.6. The van der Waals surface area contributed by atoms with E-state index in [9.17, 15) is 9.90 Å². The van der Waals surface area contributed by atoms with Crippen molar-refractivity contribution in [3.63, 3.8) is 0 Å². The van der Waals surface area contributed by atoms with Gasteiger partial charge in [-0.25, -0.2) is 0 Å². The molecule has 0 atom stereocenters. The van der Waals surface area contributed by atoms with Crippen molar-refractivity contribution in [1.82, 2.24) is 20.3 Å². The van der Waals surface area contributed by atoms with Crippen LogP contribution in [0, 0.1) is 0 Å². The maximum absolute atomic E-state index is 12.0. The van der Waals surface area contributed by atoms with Gasteiger partial charge < -0.3 is 35.8 Å². The van der Waals surface area contributed by atoms with Crippen molar-refractivity contribution in [3.05, 3.63) is 96.1 Å². The molecule has 0 fully saturated rings. The number of phenols is 1. The summed E-state index contributed by atoms with van der Waals surface area (Å²) >= 11 is 0. The molecule has 0 aliphatic carbocycles. The summed E-state index contributed by atoms with van der Waals surface area (Å²) in [6, 6.07) is 25.8. The first-order chi connectivity index (χ1) is 20.2. The molecule has 4 aromatic rings. The number of carbonyl (C=O) groups excluding carboxylic acids is 1. The SMILES string of the molecule is O=C(NCCOCCOCCNc1nc(NCCc2ccc(O)cc2)nc(Nc2ccccc2)n1)c1ccccc1. The zero-order valence-corrected chi connectivity index (χ0v) is 22.8. The van der Waals surface area contributed by atoms with Crippen molar-refractivity contribution in [3.8, 4) is 5.75 Å². The first-order valence-corrected chi connectivity index (χ1v) is 13.5. The molecule has 4 rings (SSSR count). The van der Waals surface area contributed by atoms with Crippen LogP contribution in [0.25, 0.3) is 0 Å². The van der Waals surface area contributed by atoms with Gasteiger partial charge in [-0.1, -0.05) is 48.5 Å². The van der Waals surface area contributed by atoms with Crippen molar-refractivity contribution in [2.75, 3.05) is 62.0 Å². The van der Waals surface area contributed by atoms with Gasteiger partial charge in [0.25, 0.3) is 5.91 Å². The molecule has 0 spiro atoms. The van der Waals surface area contributed by atoms with Gasteiger partial charge in [-0.2, -0.15) is 15.0 Å². The third-order valence-corrected chi connectivity index (χ3v) is 5.77. The lowest BCUT2D eigenvalue weighted by Gasteiger charge is -2.12. The topological polar surface area (TPSA) is 143 Å². The van der Waals surface area contributed by atoms with E-state index in [1.54, 1.807) is 24.3 Å². The number of para-hydroxylation sites is 1. The van der Waals surface area contributed by atoms with Crippen LogP contribution in [0.15, 0.2) is 84.9 Å². The van der Waals surface area contributed by atoms with Crippen molar-refractivity contribution in [2.45, 2.75) is 6.42 Å². The van der Waals surface area contributed by atoms with Crippen LogP contribution in [0.3, 0.4) is 0 Å². The number of carbonyl (C=O) groups is 1. The number of nitrogens with one attached hydrogen (secondary N) is 4. The lowest BCUT2D eigenvalue weighted by atomic mass is 10.1. The summed E-state index contributed by atoms with van der Waals surface area (Å²) in [5.74, 6) is 1.39. The van der Waals surface area contributed by atoms with Crippen LogP contribution in [-0.2, 0) is 15.9 Å². The van der Waals surface area contributed by atoms with E-state index >= 15 is 0 Å². The van der Waals surface area contributed by atoms with Crippen LogP contribution in [0.4, 0.5) is 23.5 Å². The summed E-state index contributed by atoms with van der Waals surface area (Å²) in [4.78, 5) is 25.5. The minimum atomic E-state index is -0.118. The Balaban J connectivity index is 1.17. The summed E-state index contributed by atoms with van der Waals surface area (Å²) in [5.41, 5.74) is 2.58. The summed E-state index contributed by atoms with van der Waals surface area (Å²) in [6.07, 6.45) is 0.742. The lowest BCUT2D eigenvalue weighted by Crippen LogP contribution is -2.27. The van der Waals surface area contributed by atoms with E-state index in [-0.39, 0.29) is 11.7 Å². The Kier molecular flexibility index (Phi) is 11.7. The molecule has 0 saturated carbocycles. The number of hydrogen-bond donors (Lipinski definition) is 5. The minimum absolute atomic E-state index is 0.118. The Morgan fingerprint density at radius 1 is 0.659 bits per heavy atom. The Hall–Kier alpha value is -4.74. The quantitative estimate of drug-likeness (QED) is 0.122. The van der Waals surface area contributed by atoms with E-state index in [1.165, 1.54) is 0 Å². The highest BCUT2D eigenvalue weighted by Gasteiger charge is 2.08. The number of aromatic hydroxyl groups is 1. The zero-order valence-electron chi connectivity index (χ0n) is 22.8. The monoisotopic (exact) mass is 557 g/mol. The molecule has 0 aliphatic rings. The van der Waals surface area contributed by atoms with Gasteiger partial charge in [0.2, 0.25) is 17.8 Å². The van der Waals surface area contributed by atoms with Crippen molar-refractivity contribution in [1.29, 1.82) is 0 Å². The van der Waals surface area contributed by atoms with Crippen LogP contribution in [0.5, 0.6) is 5.75 Å². The Morgan fingerprint density at radius 3 is 1.93 bits per heavy atom. The van der Waals surface area contributed by atoms with Crippen LogP contribution in [-0.4, -0.2) is 72.0 Å². The highest BCUT2D eigenvalue weighted by atomic mass is 16.5. The molecule has 1 aromatic heterocycles. The Morgan fingerprint density at radius 2 is 1.24 bits per heavy atom. The van der Waals surface area contributed by atoms with E-state index < -0.39 is 0 Å². The fraction of sp³-hybridized carbons (Fsp3) is 0.267. The maximum Gasteiger partial charge on any atom is 0.251 e. The highest BCUT2D eigenvalue weighted by molar-refractivity contribution is 5.94. The largest absolute Gasteiger partial charge is 0.508 e. The van der Waals surface area contributed by atoms with Crippen LogP contribution in [0.2, 0.25) is 0 Å². The lowest BCUT2D eigenvalue weighted by molar-refractivity contribution is 0.0519. The average molecular weight is 558 g/mol. The van der Waals surface area contributed by atoms with E-state index in [1.807, 2.05) is 60.7 Å². The average Bonchev–Trinajstić information content (AvgIpc) is 3.00. The Labute approximate surface area is 239 Å². The standard InChI is InChI=1S/C30H35N7O4/c38-26-13-11-23(12-14-26)15-16-32-28-35-29(37-30(36-28)34-25-9-5-2-6-10-25)33-18-20-41-22-21-40-19-17-31-27(39)24-7-3-1-4-8-24/h1-14,38H,15-22H2,(H,31,39)(H3,32,33,34,35,36,37). The van der Waals surface area contributed by atoms with Crippen LogP contribution in [0.1, 0.15) is 15.9 Å². The number of benzene rings is 3. The smallest absolute Gasteiger partial charge is 0.251 e. The molecule has 0 bridgehead atoms. The van der Waals surface area contributed by atoms with Crippen LogP contribution >= 0.6 is 0 Å². The number of ether oxygens (including phenoxy) is 2. The molecule has 1 amide bonds. The van der Waals surface area contributed by atoms with E-state index in [0.717, 1.165) is 17.7 Å². The van der Waals surface area contributed by atoms with Gasteiger partial charge in [0.1, 0.15) is 5.75 Å². The molecule has 41 heavy (non-hydrogen) atoms. The van der Waals surface area contributed by atoms with Gasteiger partial charge in [0.05, 0.1) is 26.4 Å². The van der Waals surface area contributed by atoms with E-state index in [0.29, 0.717) is 69.5 Å². The molecule has 0 saturated heterocycles. The molecular weight excluding hydrogens is 522 g/mol. The number of phenolic OH excluding ortho intramolecular Hbond substituents is 1. The summed E-state index contributed by atoms with van der Waals surface area (Å²) < 4.78 is 11.2. The number of anilines is 4. The van der Waals surface area contributed by atoms with Gasteiger partial charge >= 0.3 is 0 Å². The molecule has 0 radical (unpaired) electrons. The predicted molar refractivity (Wildman–Crippen MR) is 159 cm³/mol. The third kappa shape index (κ3) is 10.7. The molecule has 5 N–H and O–H groups in total. The second kappa shape index (κ2) is 16.4. The van der Waals surface area contributed by atoms with E-state index in [4.69, 9.17) is 9.47 Å². The van der Waals surface area contributed by atoms with Crippen LogP contribution < -0.4 is 21.3 Å². The van der Waals surface area contributed by atoms with Gasteiger partial charge in [-0.3, -0.25) is 4.79 Å². The minimum Gasteiger partial charge on any atom is -0.508 e.